The molecular formula is C49H43NS2. The highest BCUT2D eigenvalue weighted by Crippen LogP contribution is 2.68. The number of anilines is 1. The summed E-state index contributed by atoms with van der Waals surface area (Å²) in [5, 5.41) is 0.749. The van der Waals surface area contributed by atoms with Crippen LogP contribution in [0.3, 0.4) is 0 Å². The molecule has 4 aromatic carbocycles. The smallest absolute Gasteiger partial charge is 0.0529 e. The van der Waals surface area contributed by atoms with E-state index in [1.54, 1.807) is 21.6 Å². The quantitative estimate of drug-likeness (QED) is 0.208. The van der Waals surface area contributed by atoms with Crippen LogP contribution >= 0.6 is 23.5 Å². The number of nitrogens with zero attached hydrogens (tertiary/aromatic N) is 1. The predicted octanol–water partition coefficient (Wildman–Crippen LogP) is 12.6. The molecule has 4 aliphatic carbocycles. The van der Waals surface area contributed by atoms with Crippen LogP contribution in [-0.2, 0) is 5.41 Å². The summed E-state index contributed by atoms with van der Waals surface area (Å²) < 4.78 is 0. The lowest BCUT2D eigenvalue weighted by atomic mass is 9.55. The monoisotopic (exact) mass is 709 g/mol. The van der Waals surface area contributed by atoms with Crippen molar-refractivity contribution in [2.75, 3.05) is 4.90 Å². The van der Waals surface area contributed by atoms with Gasteiger partial charge < -0.3 is 4.90 Å². The summed E-state index contributed by atoms with van der Waals surface area (Å²) in [5.41, 5.74) is 13.3. The minimum Gasteiger partial charge on any atom is -0.341 e. The van der Waals surface area contributed by atoms with Crippen molar-refractivity contribution in [3.8, 4) is 0 Å². The Morgan fingerprint density at radius 2 is 1.52 bits per heavy atom. The standard InChI is InChI=1S/C49H43NS2/c1-3-16-32(17-4-1)34-21-15-31-45-47(34)49(38-24-8-11-29-43(38)51-45)39-25-9-12-30-44(39)52-48-36(23-13-26-40(48)49)35-22-14-28-42-46(35)37-20-7-10-27-41(37)50(42)33-18-5-2-6-19-33/h1-5,7-13,15-18,20-21,23-27,29,31,35,42,44-47H,6,14,19,22,28,30H2. The topological polar surface area (TPSA) is 3.24 Å². The van der Waals surface area contributed by atoms with Gasteiger partial charge in [-0.1, -0.05) is 140 Å². The first-order chi connectivity index (χ1) is 25.8. The van der Waals surface area contributed by atoms with Gasteiger partial charge in [0.05, 0.1) is 5.41 Å². The molecule has 0 bridgehead atoms. The van der Waals surface area contributed by atoms with Crippen molar-refractivity contribution in [2.24, 2.45) is 5.92 Å². The number of fused-ring (bicyclic) bond motifs is 11. The predicted molar refractivity (Wildman–Crippen MR) is 220 cm³/mol. The van der Waals surface area contributed by atoms with Gasteiger partial charge in [-0.05, 0) is 95.2 Å². The lowest BCUT2D eigenvalue weighted by molar-refractivity contribution is 0.344. The highest BCUT2D eigenvalue weighted by molar-refractivity contribution is 8.00. The zero-order valence-electron chi connectivity index (χ0n) is 29.4. The summed E-state index contributed by atoms with van der Waals surface area (Å²) in [4.78, 5) is 5.79. The molecule has 0 amide bonds. The van der Waals surface area contributed by atoms with Crippen LogP contribution in [-0.4, -0.2) is 16.5 Å². The van der Waals surface area contributed by atoms with E-state index in [0.717, 1.165) is 19.3 Å². The van der Waals surface area contributed by atoms with Gasteiger partial charge in [0, 0.05) is 49.6 Å². The molecule has 11 rings (SSSR count). The zero-order valence-corrected chi connectivity index (χ0v) is 31.0. The van der Waals surface area contributed by atoms with Crippen LogP contribution in [0.25, 0.3) is 5.57 Å². The molecule has 52 heavy (non-hydrogen) atoms. The summed E-state index contributed by atoms with van der Waals surface area (Å²) in [6.45, 7) is 0. The lowest BCUT2D eigenvalue weighted by Crippen LogP contribution is -2.51. The van der Waals surface area contributed by atoms with Crippen LogP contribution in [0.5, 0.6) is 0 Å². The number of rotatable bonds is 3. The fourth-order valence-corrected chi connectivity index (χ4v) is 14.3. The summed E-state index contributed by atoms with van der Waals surface area (Å²) in [7, 11) is 0. The molecule has 1 spiro atoms. The lowest BCUT2D eigenvalue weighted by Gasteiger charge is -2.56. The van der Waals surface area contributed by atoms with E-state index in [0.29, 0.717) is 28.4 Å². The van der Waals surface area contributed by atoms with Gasteiger partial charge in [0.1, 0.15) is 0 Å². The molecule has 1 saturated carbocycles. The Bertz CT molecular complexity index is 2270. The van der Waals surface area contributed by atoms with Crippen molar-refractivity contribution >= 4 is 34.8 Å². The van der Waals surface area contributed by atoms with Gasteiger partial charge in [-0.15, -0.1) is 23.5 Å². The van der Waals surface area contributed by atoms with E-state index in [-0.39, 0.29) is 11.3 Å². The van der Waals surface area contributed by atoms with Gasteiger partial charge in [0.25, 0.3) is 0 Å². The molecule has 256 valence electrons. The molecule has 3 heterocycles. The molecule has 0 aromatic heterocycles. The average molecular weight is 710 g/mol. The van der Waals surface area contributed by atoms with Crippen LogP contribution in [0.1, 0.15) is 78.2 Å². The fraction of sp³-hybridized carbons (Fsp3) is 0.265. The van der Waals surface area contributed by atoms with Crippen molar-refractivity contribution in [1.29, 1.82) is 0 Å². The number of para-hydroxylation sites is 1. The van der Waals surface area contributed by atoms with Crippen LogP contribution in [0.4, 0.5) is 5.69 Å². The molecule has 7 atom stereocenters. The first-order valence-electron chi connectivity index (χ1n) is 19.4. The molecule has 3 heteroatoms. The highest BCUT2D eigenvalue weighted by Gasteiger charge is 2.58. The SMILES string of the molecule is C1=CCCC(N2c3ccccc3C3C(c4cccc5c4SC4CC=CC=C4C54c5ccccc5SC5C=CC=C(c6ccccc6)C54)CCCC32)=C1. The average Bonchev–Trinajstić information content (AvgIpc) is 3.56. The highest BCUT2D eigenvalue weighted by atomic mass is 32.2. The van der Waals surface area contributed by atoms with Crippen molar-refractivity contribution in [1.82, 2.24) is 0 Å². The third-order valence-electron chi connectivity index (χ3n) is 13.1. The van der Waals surface area contributed by atoms with Gasteiger partial charge in [-0.25, -0.2) is 0 Å². The minimum absolute atomic E-state index is 0.266. The Balaban J connectivity index is 1.14. The van der Waals surface area contributed by atoms with Crippen LogP contribution in [0, 0.1) is 5.92 Å². The number of benzene rings is 4. The molecule has 1 fully saturated rings. The molecule has 0 saturated heterocycles. The van der Waals surface area contributed by atoms with Crippen molar-refractivity contribution in [2.45, 2.75) is 82.1 Å². The summed E-state index contributed by atoms with van der Waals surface area (Å²) in [5.74, 6) is 1.25. The Hall–Kier alpha value is -4.18. The second kappa shape index (κ2) is 12.5. The van der Waals surface area contributed by atoms with E-state index in [2.05, 4.69) is 180 Å². The molecule has 0 radical (unpaired) electrons. The third-order valence-corrected chi connectivity index (χ3v) is 15.9. The van der Waals surface area contributed by atoms with Gasteiger partial charge >= 0.3 is 0 Å². The first kappa shape index (κ1) is 31.4. The third kappa shape index (κ3) is 4.51. The minimum atomic E-state index is -0.266. The molecule has 3 aliphatic heterocycles. The molecular weight excluding hydrogens is 667 g/mol. The van der Waals surface area contributed by atoms with Crippen LogP contribution in [0.15, 0.2) is 173 Å². The van der Waals surface area contributed by atoms with Gasteiger partial charge in [0.2, 0.25) is 0 Å². The maximum absolute atomic E-state index is 2.77. The van der Waals surface area contributed by atoms with E-state index in [9.17, 15) is 0 Å². The van der Waals surface area contributed by atoms with E-state index >= 15 is 0 Å². The fourth-order valence-electron chi connectivity index (χ4n) is 11.3. The molecule has 0 N–H and O–H groups in total. The number of allylic oxidation sites excluding steroid dienone is 10. The second-order valence-electron chi connectivity index (χ2n) is 15.5. The van der Waals surface area contributed by atoms with E-state index in [4.69, 9.17) is 0 Å². The van der Waals surface area contributed by atoms with Crippen molar-refractivity contribution < 1.29 is 0 Å². The molecule has 1 nitrogen and oxygen atoms in total. The van der Waals surface area contributed by atoms with Crippen LogP contribution in [0.2, 0.25) is 0 Å². The molecule has 7 unspecified atom stereocenters. The maximum atomic E-state index is 2.77. The van der Waals surface area contributed by atoms with Crippen LogP contribution < -0.4 is 4.90 Å². The van der Waals surface area contributed by atoms with Gasteiger partial charge in [-0.3, -0.25) is 0 Å². The van der Waals surface area contributed by atoms with E-state index in [1.165, 1.54) is 57.8 Å². The Morgan fingerprint density at radius 1 is 0.692 bits per heavy atom. The zero-order chi connectivity index (χ0) is 34.2. The Morgan fingerprint density at radius 3 is 2.44 bits per heavy atom. The number of thioether (sulfide) groups is 2. The Labute approximate surface area is 317 Å². The van der Waals surface area contributed by atoms with Crippen molar-refractivity contribution in [3.05, 3.63) is 191 Å². The number of hydrogen-bond acceptors (Lipinski definition) is 3. The largest absolute Gasteiger partial charge is 0.341 e. The summed E-state index contributed by atoms with van der Waals surface area (Å²) in [6, 6.07) is 38.2. The maximum Gasteiger partial charge on any atom is 0.0529 e. The van der Waals surface area contributed by atoms with Gasteiger partial charge in [0.15, 0.2) is 0 Å². The van der Waals surface area contributed by atoms with E-state index < -0.39 is 0 Å². The summed E-state index contributed by atoms with van der Waals surface area (Å²) >= 11 is 4.26. The van der Waals surface area contributed by atoms with Crippen molar-refractivity contribution in [3.63, 3.8) is 0 Å². The first-order valence-corrected chi connectivity index (χ1v) is 21.2. The molecule has 7 aliphatic rings. The Kier molecular flexibility index (Phi) is 7.51. The van der Waals surface area contributed by atoms with Gasteiger partial charge in [-0.2, -0.15) is 0 Å². The number of hydrogen-bond donors (Lipinski definition) is 0. The van der Waals surface area contributed by atoms with E-state index in [1.807, 2.05) is 0 Å². The molecule has 4 aromatic rings. The normalized spacial score (nSPS) is 30.6. The summed E-state index contributed by atoms with van der Waals surface area (Å²) in [6.07, 6.45) is 28.7. The second-order valence-corrected chi connectivity index (χ2v) is 18.0.